The lowest BCUT2D eigenvalue weighted by atomic mass is 10.3. The third-order valence-electron chi connectivity index (χ3n) is 1.49. The molecule has 0 amide bonds. The maximum atomic E-state index is 12.0. The van der Waals surface area contributed by atoms with E-state index in [1.807, 2.05) is 0 Å². The number of halogens is 6. The van der Waals surface area contributed by atoms with Crippen molar-refractivity contribution in [3.8, 4) is 0 Å². The first-order valence-corrected chi connectivity index (χ1v) is 4.22. The minimum Gasteiger partial charge on any atom is -0.227 e. The number of hydrogen-bond donors (Lipinski definition) is 2. The Morgan fingerprint density at radius 2 is 1.18 bits per heavy atom. The van der Waals surface area contributed by atoms with Crippen molar-refractivity contribution < 1.29 is 26.3 Å². The first-order chi connectivity index (χ1) is 7.67. The molecule has 1 aromatic carbocycles. The fourth-order valence-electron chi connectivity index (χ4n) is 0.988. The Kier molecular flexibility index (Phi) is 3.83. The number of rotatable bonds is 3. The first kappa shape index (κ1) is 13.6. The molecule has 0 heterocycles. The van der Waals surface area contributed by atoms with E-state index in [0.29, 0.717) is 0 Å². The third kappa shape index (κ3) is 5.41. The highest BCUT2D eigenvalue weighted by Crippen LogP contribution is 2.19. The minimum atomic E-state index is -4.99. The maximum Gasteiger partial charge on any atom is 0.476 e. The maximum absolute atomic E-state index is 12.0. The van der Waals surface area contributed by atoms with Gasteiger partial charge in [-0.3, -0.25) is 0 Å². The molecule has 3 nitrogen and oxygen atoms in total. The average molecular weight is 259 g/mol. The van der Waals surface area contributed by atoms with E-state index in [9.17, 15) is 26.3 Å². The van der Waals surface area contributed by atoms with Gasteiger partial charge in [-0.05, 0) is 12.1 Å². The molecule has 0 radical (unpaired) electrons. The molecule has 0 atom stereocenters. The summed E-state index contributed by atoms with van der Waals surface area (Å²) in [7, 11) is 0. The second kappa shape index (κ2) is 4.80. The standard InChI is InChI=1S/C8H7F6N3/c9-7(10,11)15-17(16-8(12,13)14)6-4-2-1-3-5-6/h1-5,15-16H. The number of benzene rings is 1. The van der Waals surface area contributed by atoms with Crippen molar-refractivity contribution in [1.29, 1.82) is 0 Å². The molecular weight excluding hydrogens is 252 g/mol. The molecule has 17 heavy (non-hydrogen) atoms. The van der Waals surface area contributed by atoms with Crippen LogP contribution >= 0.6 is 0 Å². The monoisotopic (exact) mass is 259 g/mol. The van der Waals surface area contributed by atoms with Crippen LogP contribution < -0.4 is 16.0 Å². The van der Waals surface area contributed by atoms with Crippen molar-refractivity contribution in [2.45, 2.75) is 12.6 Å². The third-order valence-corrected chi connectivity index (χ3v) is 1.49. The summed E-state index contributed by atoms with van der Waals surface area (Å²) in [6.07, 6.45) is -9.98. The lowest BCUT2D eigenvalue weighted by Gasteiger charge is -2.27. The van der Waals surface area contributed by atoms with Gasteiger partial charge in [0.2, 0.25) is 0 Å². The Bertz CT molecular complexity index is 331. The van der Waals surface area contributed by atoms with Gasteiger partial charge in [-0.2, -0.15) is 26.3 Å². The van der Waals surface area contributed by atoms with Crippen molar-refractivity contribution in [1.82, 2.24) is 10.9 Å². The van der Waals surface area contributed by atoms with Crippen LogP contribution in [0.5, 0.6) is 0 Å². The summed E-state index contributed by atoms with van der Waals surface area (Å²) < 4.78 is 72.0. The zero-order valence-electron chi connectivity index (χ0n) is 8.10. The molecule has 0 aliphatic carbocycles. The van der Waals surface area contributed by atoms with Crippen LogP contribution in [0.1, 0.15) is 0 Å². The van der Waals surface area contributed by atoms with Gasteiger partial charge in [0.15, 0.2) is 0 Å². The summed E-state index contributed by atoms with van der Waals surface area (Å²) >= 11 is 0. The minimum absolute atomic E-state index is 0.250. The van der Waals surface area contributed by atoms with Gasteiger partial charge in [0.05, 0.1) is 5.69 Å². The predicted octanol–water partition coefficient (Wildman–Crippen LogP) is 2.54. The van der Waals surface area contributed by atoms with E-state index in [-0.39, 0.29) is 10.8 Å². The lowest BCUT2D eigenvalue weighted by molar-refractivity contribution is -0.188. The Morgan fingerprint density at radius 1 is 0.765 bits per heavy atom. The van der Waals surface area contributed by atoms with Crippen molar-refractivity contribution in [3.63, 3.8) is 0 Å². The van der Waals surface area contributed by atoms with Crippen LogP contribution in [0.15, 0.2) is 30.3 Å². The van der Waals surface area contributed by atoms with Gasteiger partial charge in [-0.25, -0.2) is 5.12 Å². The number of nitrogens with one attached hydrogen (secondary N) is 2. The number of nitrogens with zero attached hydrogens (tertiary/aromatic N) is 1. The van der Waals surface area contributed by atoms with Crippen LogP contribution in [0.3, 0.4) is 0 Å². The highest BCUT2D eigenvalue weighted by molar-refractivity contribution is 5.43. The molecule has 0 aliphatic rings. The second-order valence-corrected chi connectivity index (χ2v) is 2.89. The summed E-state index contributed by atoms with van der Waals surface area (Å²) in [5, 5.41) is -0.250. The number of hydrazine groups is 2. The van der Waals surface area contributed by atoms with Gasteiger partial charge in [0.25, 0.3) is 0 Å². The summed E-state index contributed by atoms with van der Waals surface area (Å²) in [6, 6.07) is 6.23. The average Bonchev–Trinajstić information content (AvgIpc) is 2.14. The van der Waals surface area contributed by atoms with Crippen molar-refractivity contribution in [2.24, 2.45) is 0 Å². The summed E-state index contributed by atoms with van der Waals surface area (Å²) in [6.45, 7) is 0. The number of anilines is 1. The molecule has 0 spiro atoms. The molecule has 9 heteroatoms. The van der Waals surface area contributed by atoms with E-state index >= 15 is 0 Å². The number of hydrogen-bond acceptors (Lipinski definition) is 3. The Balaban J connectivity index is 2.87. The van der Waals surface area contributed by atoms with Crippen LogP contribution in [0, 0.1) is 0 Å². The van der Waals surface area contributed by atoms with E-state index in [1.54, 1.807) is 0 Å². The molecule has 0 unspecified atom stereocenters. The molecule has 1 aromatic rings. The molecule has 96 valence electrons. The Morgan fingerprint density at radius 3 is 1.53 bits per heavy atom. The first-order valence-electron chi connectivity index (χ1n) is 4.22. The molecule has 1 rings (SSSR count). The van der Waals surface area contributed by atoms with Gasteiger partial charge in [0, 0.05) is 0 Å². The van der Waals surface area contributed by atoms with Gasteiger partial charge < -0.3 is 0 Å². The predicted molar refractivity (Wildman–Crippen MR) is 47.3 cm³/mol. The molecule has 0 saturated heterocycles. The molecule has 0 bridgehead atoms. The molecule has 2 N–H and O–H groups in total. The van der Waals surface area contributed by atoms with Gasteiger partial charge in [-0.1, -0.05) is 18.2 Å². The van der Waals surface area contributed by atoms with E-state index < -0.39 is 12.6 Å². The summed E-state index contributed by atoms with van der Waals surface area (Å²) in [5.74, 6) is 0. The van der Waals surface area contributed by atoms with Gasteiger partial charge in [-0.15, -0.1) is 10.9 Å². The zero-order chi connectivity index (χ0) is 13.1. The molecule has 0 aromatic heterocycles. The highest BCUT2D eigenvalue weighted by Gasteiger charge is 2.36. The highest BCUT2D eigenvalue weighted by atomic mass is 19.4. The van der Waals surface area contributed by atoms with Crippen molar-refractivity contribution in [2.75, 3.05) is 5.12 Å². The van der Waals surface area contributed by atoms with Crippen LogP contribution in [0.2, 0.25) is 0 Å². The molecule has 0 aliphatic heterocycles. The number of para-hydroxylation sites is 1. The largest absolute Gasteiger partial charge is 0.476 e. The molecule has 0 saturated carbocycles. The fourth-order valence-corrected chi connectivity index (χ4v) is 0.988. The Hall–Kier alpha value is -1.48. The van der Waals surface area contributed by atoms with Gasteiger partial charge in [0.1, 0.15) is 0 Å². The van der Waals surface area contributed by atoms with E-state index in [4.69, 9.17) is 0 Å². The van der Waals surface area contributed by atoms with Crippen molar-refractivity contribution in [3.05, 3.63) is 30.3 Å². The smallest absolute Gasteiger partial charge is 0.227 e. The van der Waals surface area contributed by atoms with E-state index in [0.717, 1.165) is 23.0 Å². The quantitative estimate of drug-likeness (QED) is 0.496. The van der Waals surface area contributed by atoms with Gasteiger partial charge >= 0.3 is 12.6 Å². The summed E-state index contributed by atoms with van der Waals surface area (Å²) in [4.78, 5) is 0. The summed E-state index contributed by atoms with van der Waals surface area (Å²) in [5.41, 5.74) is 1.13. The second-order valence-electron chi connectivity index (χ2n) is 2.89. The van der Waals surface area contributed by atoms with Crippen LogP contribution in [0.25, 0.3) is 0 Å². The zero-order valence-corrected chi connectivity index (χ0v) is 8.10. The topological polar surface area (TPSA) is 27.3 Å². The lowest BCUT2D eigenvalue weighted by Crippen LogP contribution is -2.58. The van der Waals surface area contributed by atoms with Crippen LogP contribution in [-0.2, 0) is 0 Å². The normalized spacial score (nSPS) is 12.6. The van der Waals surface area contributed by atoms with Crippen LogP contribution in [-0.4, -0.2) is 12.6 Å². The van der Waals surface area contributed by atoms with Crippen molar-refractivity contribution >= 4 is 5.69 Å². The Labute approximate surface area is 92.0 Å². The van der Waals surface area contributed by atoms with E-state index in [1.165, 1.54) is 18.2 Å². The SMILES string of the molecule is FC(F)(F)NN(NC(F)(F)F)c1ccccc1. The fraction of sp³-hybridized carbons (Fsp3) is 0.250. The molecular formula is C8H7F6N3. The van der Waals surface area contributed by atoms with E-state index in [2.05, 4.69) is 0 Å². The molecule has 0 fully saturated rings. The van der Waals surface area contributed by atoms with Crippen LogP contribution in [0.4, 0.5) is 32.0 Å². The number of alkyl halides is 6.